The summed E-state index contributed by atoms with van der Waals surface area (Å²) in [5.41, 5.74) is 8.16. The van der Waals surface area contributed by atoms with Crippen molar-refractivity contribution in [2.24, 2.45) is 0 Å². The summed E-state index contributed by atoms with van der Waals surface area (Å²) in [4.78, 5) is 21.5. The van der Waals surface area contributed by atoms with E-state index in [1.807, 2.05) is 41.8 Å². The van der Waals surface area contributed by atoms with Crippen LogP contribution in [-0.4, -0.2) is 21.1 Å². The number of amides is 1. The van der Waals surface area contributed by atoms with Crippen LogP contribution in [0.25, 0.3) is 22.6 Å². The highest BCUT2D eigenvalue weighted by Crippen LogP contribution is 2.37. The lowest BCUT2D eigenvalue weighted by atomic mass is 10.0. The Balaban J connectivity index is 1.57. The summed E-state index contributed by atoms with van der Waals surface area (Å²) in [7, 11) is 0. The summed E-state index contributed by atoms with van der Waals surface area (Å²) in [5, 5.41) is 24.1. The van der Waals surface area contributed by atoms with Crippen LogP contribution >= 0.6 is 23.1 Å². The van der Waals surface area contributed by atoms with E-state index in [0.29, 0.717) is 10.9 Å². The first-order valence-electron chi connectivity index (χ1n) is 9.67. The molecule has 3 aromatic heterocycles. The lowest BCUT2D eigenvalue weighted by Gasteiger charge is -2.14. The molecule has 1 atom stereocenters. The van der Waals surface area contributed by atoms with Crippen molar-refractivity contribution in [3.05, 3.63) is 65.2 Å². The van der Waals surface area contributed by atoms with Crippen LogP contribution in [0.4, 0.5) is 10.9 Å². The number of thiazole rings is 1. The molecule has 4 aromatic rings. The first-order valence-corrected chi connectivity index (χ1v) is 11.4. The van der Waals surface area contributed by atoms with Crippen molar-refractivity contribution in [1.29, 1.82) is 10.5 Å². The van der Waals surface area contributed by atoms with E-state index in [0.717, 1.165) is 23.0 Å². The van der Waals surface area contributed by atoms with Gasteiger partial charge in [-0.25, -0.2) is 9.97 Å². The molecule has 0 radical (unpaired) electrons. The molecule has 0 aliphatic heterocycles. The van der Waals surface area contributed by atoms with Gasteiger partial charge in [0.2, 0.25) is 5.91 Å². The number of benzene rings is 1. The second-order valence-corrected chi connectivity index (χ2v) is 8.97. The molecule has 33 heavy (non-hydrogen) atoms. The minimum atomic E-state index is -0.620. The normalized spacial score (nSPS) is 11.4. The zero-order valence-electron chi connectivity index (χ0n) is 17.3. The van der Waals surface area contributed by atoms with E-state index >= 15 is 0 Å². The number of nitriles is 2. The predicted molar refractivity (Wildman–Crippen MR) is 127 cm³/mol. The van der Waals surface area contributed by atoms with E-state index in [1.54, 1.807) is 19.1 Å². The van der Waals surface area contributed by atoms with Crippen LogP contribution in [0.2, 0.25) is 0 Å². The molecule has 8 nitrogen and oxygen atoms in total. The van der Waals surface area contributed by atoms with E-state index in [9.17, 15) is 15.3 Å². The van der Waals surface area contributed by atoms with Crippen LogP contribution in [0.15, 0.2) is 63.6 Å². The van der Waals surface area contributed by atoms with Gasteiger partial charge < -0.3 is 15.5 Å². The number of furan rings is 1. The van der Waals surface area contributed by atoms with Gasteiger partial charge >= 0.3 is 0 Å². The Morgan fingerprint density at radius 3 is 2.58 bits per heavy atom. The number of nitrogens with one attached hydrogen (secondary N) is 1. The van der Waals surface area contributed by atoms with E-state index in [1.165, 1.54) is 17.6 Å². The van der Waals surface area contributed by atoms with Crippen molar-refractivity contribution in [1.82, 2.24) is 9.97 Å². The molecular formula is C23H16N6O2S2. The topological polar surface area (TPSA) is 142 Å². The fourth-order valence-corrected chi connectivity index (χ4v) is 4.69. The summed E-state index contributed by atoms with van der Waals surface area (Å²) in [6, 6.07) is 17.0. The standard InChI is InChI=1S/C23H16N6O2S2/c1-13(21(30)29-23-27-17(12-32-23)14-6-3-2-4-7-14)33-22-16(11-25)19(18-8-5-9-31-18)15(10-24)20(26)28-22/h2-9,12-13H,1H3,(H2,26,28)(H,27,29,30). The van der Waals surface area contributed by atoms with Crippen molar-refractivity contribution in [3.8, 4) is 34.7 Å². The fourth-order valence-electron chi connectivity index (χ4n) is 3.05. The van der Waals surface area contributed by atoms with Crippen LogP contribution in [0, 0.1) is 22.7 Å². The third kappa shape index (κ3) is 4.58. The molecule has 3 N–H and O–H groups in total. The number of hydrogen-bond donors (Lipinski definition) is 2. The number of thioether (sulfide) groups is 1. The number of hydrogen-bond acceptors (Lipinski definition) is 9. The minimum absolute atomic E-state index is 0.0366. The van der Waals surface area contributed by atoms with Gasteiger partial charge in [0.15, 0.2) is 5.13 Å². The molecule has 1 aromatic carbocycles. The van der Waals surface area contributed by atoms with Gasteiger partial charge in [0.25, 0.3) is 0 Å². The number of pyridine rings is 1. The Labute approximate surface area is 197 Å². The van der Waals surface area contributed by atoms with Crippen molar-refractivity contribution in [2.75, 3.05) is 11.1 Å². The Kier molecular flexibility index (Phi) is 6.41. The molecule has 1 amide bonds. The van der Waals surface area contributed by atoms with Gasteiger partial charge in [0.1, 0.15) is 34.3 Å². The van der Waals surface area contributed by atoms with Gasteiger partial charge in [-0.3, -0.25) is 4.79 Å². The van der Waals surface area contributed by atoms with E-state index in [-0.39, 0.29) is 33.4 Å². The van der Waals surface area contributed by atoms with Crippen molar-refractivity contribution < 1.29 is 9.21 Å². The summed E-state index contributed by atoms with van der Waals surface area (Å²) >= 11 is 2.39. The molecule has 4 rings (SSSR count). The van der Waals surface area contributed by atoms with Gasteiger partial charge in [-0.15, -0.1) is 11.3 Å². The summed E-state index contributed by atoms with van der Waals surface area (Å²) in [5.74, 6) is -0.0139. The smallest absolute Gasteiger partial charge is 0.239 e. The summed E-state index contributed by atoms with van der Waals surface area (Å²) in [6.07, 6.45) is 1.44. The summed E-state index contributed by atoms with van der Waals surface area (Å²) < 4.78 is 5.40. The van der Waals surface area contributed by atoms with E-state index in [4.69, 9.17) is 10.2 Å². The highest BCUT2D eigenvalue weighted by atomic mass is 32.2. The van der Waals surface area contributed by atoms with Gasteiger partial charge in [0.05, 0.1) is 28.3 Å². The highest BCUT2D eigenvalue weighted by molar-refractivity contribution is 8.00. The highest BCUT2D eigenvalue weighted by Gasteiger charge is 2.25. The van der Waals surface area contributed by atoms with E-state index < -0.39 is 5.25 Å². The molecule has 0 saturated heterocycles. The van der Waals surface area contributed by atoms with Gasteiger partial charge in [-0.05, 0) is 19.1 Å². The number of rotatable bonds is 6. The molecule has 162 valence electrons. The molecule has 0 aliphatic rings. The Morgan fingerprint density at radius 1 is 1.15 bits per heavy atom. The zero-order valence-corrected chi connectivity index (χ0v) is 18.9. The van der Waals surface area contributed by atoms with Crippen LogP contribution in [0.3, 0.4) is 0 Å². The van der Waals surface area contributed by atoms with E-state index in [2.05, 4.69) is 21.4 Å². The average Bonchev–Trinajstić information content (AvgIpc) is 3.52. The lowest BCUT2D eigenvalue weighted by molar-refractivity contribution is -0.115. The maximum atomic E-state index is 12.8. The molecule has 0 aliphatic carbocycles. The average molecular weight is 473 g/mol. The van der Waals surface area contributed by atoms with Crippen molar-refractivity contribution in [3.63, 3.8) is 0 Å². The molecular weight excluding hydrogens is 456 g/mol. The largest absolute Gasteiger partial charge is 0.464 e. The first kappa shape index (κ1) is 22.1. The summed E-state index contributed by atoms with van der Waals surface area (Å²) in [6.45, 7) is 1.69. The molecule has 3 heterocycles. The zero-order chi connectivity index (χ0) is 23.4. The fraction of sp³-hybridized carbons (Fsp3) is 0.0870. The van der Waals surface area contributed by atoms with Crippen LogP contribution in [-0.2, 0) is 4.79 Å². The quantitative estimate of drug-likeness (QED) is 0.377. The molecule has 10 heteroatoms. The van der Waals surface area contributed by atoms with Gasteiger partial charge in [-0.2, -0.15) is 10.5 Å². The number of aromatic nitrogens is 2. The number of nitrogens with two attached hydrogens (primary N) is 1. The van der Waals surface area contributed by atoms with Crippen LogP contribution in [0.5, 0.6) is 0 Å². The van der Waals surface area contributed by atoms with Crippen LogP contribution in [0.1, 0.15) is 18.1 Å². The molecule has 0 bridgehead atoms. The van der Waals surface area contributed by atoms with Crippen LogP contribution < -0.4 is 11.1 Å². The molecule has 0 fully saturated rings. The Bertz CT molecular complexity index is 1390. The Hall–Kier alpha value is -4.12. The SMILES string of the molecule is CC(Sc1nc(N)c(C#N)c(-c2ccco2)c1C#N)C(=O)Nc1nc(-c2ccccc2)cs1. The number of anilines is 2. The molecule has 1 unspecified atom stereocenters. The third-order valence-corrected chi connectivity index (χ3v) is 6.49. The number of nitrogen functional groups attached to an aromatic ring is 1. The van der Waals surface area contributed by atoms with Gasteiger partial charge in [0, 0.05) is 10.9 Å². The maximum Gasteiger partial charge on any atom is 0.239 e. The third-order valence-electron chi connectivity index (χ3n) is 4.64. The minimum Gasteiger partial charge on any atom is -0.464 e. The van der Waals surface area contributed by atoms with Crippen molar-refractivity contribution >= 4 is 40.0 Å². The number of carbonyl (C=O) groups excluding carboxylic acids is 1. The second kappa shape index (κ2) is 9.57. The number of nitrogens with zero attached hydrogens (tertiary/aromatic N) is 4. The predicted octanol–water partition coefficient (Wildman–Crippen LogP) is 4.91. The van der Waals surface area contributed by atoms with Crippen molar-refractivity contribution in [2.45, 2.75) is 17.2 Å². The lowest BCUT2D eigenvalue weighted by Crippen LogP contribution is -2.22. The van der Waals surface area contributed by atoms with Gasteiger partial charge in [-0.1, -0.05) is 42.1 Å². The Morgan fingerprint density at radius 2 is 1.91 bits per heavy atom. The monoisotopic (exact) mass is 472 g/mol. The molecule has 0 spiro atoms. The first-order chi connectivity index (χ1) is 16.0. The maximum absolute atomic E-state index is 12.8. The molecule has 0 saturated carbocycles. The second-order valence-electron chi connectivity index (χ2n) is 6.78. The number of carbonyl (C=O) groups is 1.